The Bertz CT molecular complexity index is 376. The van der Waals surface area contributed by atoms with Crippen molar-refractivity contribution in [3.63, 3.8) is 0 Å². The normalized spacial score (nSPS) is 10.0. The molecule has 16 heavy (non-hydrogen) atoms. The number of phenols is 1. The Labute approximate surface area is 99.3 Å². The van der Waals surface area contributed by atoms with E-state index in [1.165, 1.54) is 12.1 Å². The van der Waals surface area contributed by atoms with Gasteiger partial charge in [-0.25, -0.2) is 4.39 Å². The van der Waals surface area contributed by atoms with Gasteiger partial charge in [-0.3, -0.25) is 0 Å². The Morgan fingerprint density at radius 2 is 2.31 bits per heavy atom. The molecule has 86 valence electrons. The quantitative estimate of drug-likeness (QED) is 0.588. The molecule has 0 saturated heterocycles. The fourth-order valence-electron chi connectivity index (χ4n) is 1.17. The van der Waals surface area contributed by atoms with Gasteiger partial charge in [-0.15, -0.1) is 18.2 Å². The lowest BCUT2D eigenvalue weighted by molar-refractivity contribution is 0.431. The number of halogens is 1. The summed E-state index contributed by atoms with van der Waals surface area (Å²) in [5.74, 6) is 3.31. The topological polar surface area (TPSA) is 32.3 Å². The van der Waals surface area contributed by atoms with Gasteiger partial charge in [0.1, 0.15) is 0 Å². The van der Waals surface area contributed by atoms with Crippen molar-refractivity contribution >= 4 is 11.8 Å². The van der Waals surface area contributed by atoms with Crippen molar-refractivity contribution in [2.45, 2.75) is 6.54 Å². The van der Waals surface area contributed by atoms with Crippen LogP contribution in [0.4, 0.5) is 4.39 Å². The Balaban J connectivity index is 2.22. The van der Waals surface area contributed by atoms with E-state index >= 15 is 0 Å². The third-order valence-corrected chi connectivity index (χ3v) is 2.81. The standard InChI is InChI=1S/C12H14FNOS/c1-2-6-16-7-5-14-9-10-3-4-12(15)11(13)8-10/h1,3-4,8,14-15H,5-7,9H2. The summed E-state index contributed by atoms with van der Waals surface area (Å²) in [6.07, 6.45) is 5.11. The van der Waals surface area contributed by atoms with Gasteiger partial charge < -0.3 is 10.4 Å². The monoisotopic (exact) mass is 239 g/mol. The maximum atomic E-state index is 13.0. The number of rotatable bonds is 6. The van der Waals surface area contributed by atoms with E-state index in [9.17, 15) is 4.39 Å². The predicted octanol–water partition coefficient (Wildman–Crippen LogP) is 1.99. The minimum Gasteiger partial charge on any atom is -0.505 e. The van der Waals surface area contributed by atoms with Crippen LogP contribution in [0.2, 0.25) is 0 Å². The van der Waals surface area contributed by atoms with Gasteiger partial charge in [-0.1, -0.05) is 12.0 Å². The number of terminal acetylenes is 1. The van der Waals surface area contributed by atoms with Crippen LogP contribution in [-0.2, 0) is 6.54 Å². The van der Waals surface area contributed by atoms with E-state index in [1.807, 2.05) is 0 Å². The smallest absolute Gasteiger partial charge is 0.165 e. The van der Waals surface area contributed by atoms with Gasteiger partial charge in [-0.05, 0) is 17.7 Å². The van der Waals surface area contributed by atoms with Gasteiger partial charge in [0.25, 0.3) is 0 Å². The summed E-state index contributed by atoms with van der Waals surface area (Å²) < 4.78 is 13.0. The van der Waals surface area contributed by atoms with E-state index in [1.54, 1.807) is 17.8 Å². The van der Waals surface area contributed by atoms with Crippen LogP contribution in [0.15, 0.2) is 18.2 Å². The van der Waals surface area contributed by atoms with Crippen LogP contribution in [0, 0.1) is 18.2 Å². The molecule has 0 bridgehead atoms. The minimum absolute atomic E-state index is 0.312. The molecule has 0 unspecified atom stereocenters. The maximum absolute atomic E-state index is 13.0. The molecule has 0 atom stereocenters. The Kier molecular flexibility index (Phi) is 5.76. The van der Waals surface area contributed by atoms with Crippen molar-refractivity contribution in [2.24, 2.45) is 0 Å². The summed E-state index contributed by atoms with van der Waals surface area (Å²) in [5, 5.41) is 12.2. The molecule has 0 aliphatic rings. The van der Waals surface area contributed by atoms with Gasteiger partial charge in [-0.2, -0.15) is 0 Å². The lowest BCUT2D eigenvalue weighted by Gasteiger charge is -2.04. The van der Waals surface area contributed by atoms with E-state index in [2.05, 4.69) is 11.2 Å². The van der Waals surface area contributed by atoms with Crippen LogP contribution in [0.25, 0.3) is 0 Å². The average molecular weight is 239 g/mol. The highest BCUT2D eigenvalue weighted by Crippen LogP contribution is 2.15. The SMILES string of the molecule is C#CCSCCNCc1ccc(O)c(F)c1. The second kappa shape index (κ2) is 7.15. The number of phenolic OH excluding ortho intramolecular Hbond substituents is 1. The minimum atomic E-state index is -0.582. The van der Waals surface area contributed by atoms with Crippen molar-refractivity contribution in [3.8, 4) is 18.1 Å². The molecule has 1 aromatic carbocycles. The number of hydrogen-bond donors (Lipinski definition) is 2. The summed E-state index contributed by atoms with van der Waals surface area (Å²) in [4.78, 5) is 0. The van der Waals surface area contributed by atoms with Crippen molar-refractivity contribution in [1.29, 1.82) is 0 Å². The number of thioether (sulfide) groups is 1. The highest BCUT2D eigenvalue weighted by atomic mass is 32.2. The van der Waals surface area contributed by atoms with Gasteiger partial charge in [0, 0.05) is 18.8 Å². The summed E-state index contributed by atoms with van der Waals surface area (Å²) in [5.41, 5.74) is 0.817. The highest BCUT2D eigenvalue weighted by Gasteiger charge is 2.00. The fraction of sp³-hybridized carbons (Fsp3) is 0.333. The van der Waals surface area contributed by atoms with E-state index in [4.69, 9.17) is 11.5 Å². The molecule has 0 heterocycles. The van der Waals surface area contributed by atoms with Crippen molar-refractivity contribution < 1.29 is 9.50 Å². The van der Waals surface area contributed by atoms with Crippen molar-refractivity contribution in [1.82, 2.24) is 5.32 Å². The second-order valence-corrected chi connectivity index (χ2v) is 4.32. The molecule has 1 rings (SSSR count). The Morgan fingerprint density at radius 1 is 1.50 bits per heavy atom. The highest BCUT2D eigenvalue weighted by molar-refractivity contribution is 7.99. The summed E-state index contributed by atoms with van der Waals surface area (Å²) in [7, 11) is 0. The first-order chi connectivity index (χ1) is 7.74. The Morgan fingerprint density at radius 3 is 3.00 bits per heavy atom. The molecule has 1 aromatic rings. The Hall–Kier alpha value is -1.18. The molecule has 2 nitrogen and oxygen atoms in total. The number of aromatic hydroxyl groups is 1. The van der Waals surface area contributed by atoms with E-state index in [0.717, 1.165) is 23.6 Å². The summed E-state index contributed by atoms with van der Waals surface area (Å²) in [6.45, 7) is 1.42. The first-order valence-corrected chi connectivity index (χ1v) is 6.09. The zero-order valence-electron chi connectivity index (χ0n) is 8.87. The number of hydrogen-bond acceptors (Lipinski definition) is 3. The molecule has 0 spiro atoms. The lowest BCUT2D eigenvalue weighted by Crippen LogP contribution is -2.16. The van der Waals surface area contributed by atoms with E-state index in [-0.39, 0.29) is 5.75 Å². The van der Waals surface area contributed by atoms with Crippen molar-refractivity contribution in [2.75, 3.05) is 18.1 Å². The number of nitrogens with one attached hydrogen (secondary N) is 1. The molecule has 0 radical (unpaired) electrons. The zero-order valence-corrected chi connectivity index (χ0v) is 9.69. The molecular weight excluding hydrogens is 225 g/mol. The molecule has 0 fully saturated rings. The second-order valence-electron chi connectivity index (χ2n) is 3.22. The molecule has 0 saturated carbocycles. The molecule has 0 aliphatic heterocycles. The molecule has 4 heteroatoms. The van der Waals surface area contributed by atoms with Gasteiger partial charge in [0.05, 0.1) is 5.75 Å². The van der Waals surface area contributed by atoms with E-state index in [0.29, 0.717) is 6.54 Å². The van der Waals surface area contributed by atoms with Gasteiger partial charge >= 0.3 is 0 Å². The first kappa shape index (κ1) is 12.9. The molecule has 0 aromatic heterocycles. The molecule has 0 aliphatic carbocycles. The van der Waals surface area contributed by atoms with Crippen LogP contribution >= 0.6 is 11.8 Å². The molecule has 0 amide bonds. The largest absolute Gasteiger partial charge is 0.505 e. The summed E-state index contributed by atoms with van der Waals surface area (Å²) >= 11 is 1.68. The lowest BCUT2D eigenvalue weighted by atomic mass is 10.2. The van der Waals surface area contributed by atoms with E-state index < -0.39 is 5.82 Å². The fourth-order valence-corrected chi connectivity index (χ4v) is 1.72. The molecular formula is C12H14FNOS. The first-order valence-electron chi connectivity index (χ1n) is 4.93. The van der Waals surface area contributed by atoms with Crippen LogP contribution in [0.3, 0.4) is 0 Å². The predicted molar refractivity (Wildman–Crippen MR) is 65.9 cm³/mol. The third kappa shape index (κ3) is 4.56. The molecule has 2 N–H and O–H groups in total. The zero-order chi connectivity index (χ0) is 11.8. The van der Waals surface area contributed by atoms with Gasteiger partial charge in [0.2, 0.25) is 0 Å². The maximum Gasteiger partial charge on any atom is 0.165 e. The van der Waals surface area contributed by atoms with Crippen LogP contribution in [0.1, 0.15) is 5.56 Å². The third-order valence-electron chi connectivity index (χ3n) is 1.95. The van der Waals surface area contributed by atoms with Crippen LogP contribution in [-0.4, -0.2) is 23.2 Å². The van der Waals surface area contributed by atoms with Crippen LogP contribution in [0.5, 0.6) is 5.75 Å². The van der Waals surface area contributed by atoms with Crippen molar-refractivity contribution in [3.05, 3.63) is 29.6 Å². The summed E-state index contributed by atoms with van der Waals surface area (Å²) in [6, 6.07) is 4.39. The number of benzene rings is 1. The van der Waals surface area contributed by atoms with Gasteiger partial charge in [0.15, 0.2) is 11.6 Å². The van der Waals surface area contributed by atoms with Crippen LogP contribution < -0.4 is 5.32 Å². The average Bonchev–Trinajstić information content (AvgIpc) is 2.28.